The van der Waals surface area contributed by atoms with Crippen molar-refractivity contribution in [3.63, 3.8) is 0 Å². The Hall–Kier alpha value is -2.44. The SMILES string of the molecule is O=c1c(Cl)c(OCc2ccc(Cl)cc2)cnn1-c1ccc(F)cc1F. The third-order valence-electron chi connectivity index (χ3n) is 3.33. The van der Waals surface area contributed by atoms with Gasteiger partial charge in [-0.25, -0.2) is 8.78 Å². The van der Waals surface area contributed by atoms with Crippen LogP contribution in [0.5, 0.6) is 5.75 Å². The molecule has 0 atom stereocenters. The summed E-state index contributed by atoms with van der Waals surface area (Å²) in [7, 11) is 0. The van der Waals surface area contributed by atoms with Crippen LogP contribution in [0.3, 0.4) is 0 Å². The van der Waals surface area contributed by atoms with Crippen molar-refractivity contribution in [2.45, 2.75) is 6.61 Å². The molecular formula is C17H10Cl2F2N2O2. The summed E-state index contributed by atoms with van der Waals surface area (Å²) in [6, 6.07) is 9.71. The van der Waals surface area contributed by atoms with Crippen molar-refractivity contribution in [1.82, 2.24) is 9.78 Å². The molecule has 0 radical (unpaired) electrons. The fourth-order valence-electron chi connectivity index (χ4n) is 2.08. The predicted molar refractivity (Wildman–Crippen MR) is 90.5 cm³/mol. The Morgan fingerprint density at radius 2 is 1.80 bits per heavy atom. The molecule has 2 aromatic carbocycles. The van der Waals surface area contributed by atoms with Gasteiger partial charge < -0.3 is 4.74 Å². The first-order valence-electron chi connectivity index (χ1n) is 7.06. The highest BCUT2D eigenvalue weighted by molar-refractivity contribution is 6.31. The number of benzene rings is 2. The molecule has 1 heterocycles. The molecule has 25 heavy (non-hydrogen) atoms. The van der Waals surface area contributed by atoms with Crippen LogP contribution in [0.1, 0.15) is 5.56 Å². The van der Waals surface area contributed by atoms with Gasteiger partial charge in [0.2, 0.25) is 0 Å². The maximum atomic E-state index is 13.8. The fourth-order valence-corrected chi connectivity index (χ4v) is 2.39. The molecule has 8 heteroatoms. The van der Waals surface area contributed by atoms with Crippen LogP contribution in [0.25, 0.3) is 5.69 Å². The smallest absolute Gasteiger partial charge is 0.294 e. The van der Waals surface area contributed by atoms with Crippen LogP contribution in [-0.2, 0) is 6.61 Å². The zero-order valence-corrected chi connectivity index (χ0v) is 14.1. The zero-order valence-electron chi connectivity index (χ0n) is 12.5. The van der Waals surface area contributed by atoms with E-state index in [1.165, 1.54) is 6.20 Å². The van der Waals surface area contributed by atoms with E-state index in [0.29, 0.717) is 11.1 Å². The molecule has 0 aliphatic heterocycles. The van der Waals surface area contributed by atoms with Gasteiger partial charge in [0.1, 0.15) is 18.1 Å². The Bertz CT molecular complexity index is 975. The molecular weight excluding hydrogens is 373 g/mol. The van der Waals surface area contributed by atoms with E-state index < -0.39 is 17.2 Å². The number of hydrogen-bond donors (Lipinski definition) is 0. The van der Waals surface area contributed by atoms with Gasteiger partial charge in [0, 0.05) is 11.1 Å². The summed E-state index contributed by atoms with van der Waals surface area (Å²) in [5, 5.41) is 4.17. The van der Waals surface area contributed by atoms with Gasteiger partial charge in [-0.2, -0.15) is 9.78 Å². The van der Waals surface area contributed by atoms with Gasteiger partial charge >= 0.3 is 0 Å². The molecule has 0 spiro atoms. The minimum atomic E-state index is -0.930. The molecule has 4 nitrogen and oxygen atoms in total. The lowest BCUT2D eigenvalue weighted by Gasteiger charge is -2.10. The van der Waals surface area contributed by atoms with Crippen molar-refractivity contribution in [1.29, 1.82) is 0 Å². The average Bonchev–Trinajstić information content (AvgIpc) is 2.58. The Labute approximate surface area is 151 Å². The number of rotatable bonds is 4. The Morgan fingerprint density at radius 3 is 2.48 bits per heavy atom. The molecule has 128 valence electrons. The molecule has 0 bridgehead atoms. The second-order valence-electron chi connectivity index (χ2n) is 5.05. The molecule has 3 aromatic rings. The molecule has 0 N–H and O–H groups in total. The summed E-state index contributed by atoms with van der Waals surface area (Å²) in [6.07, 6.45) is 1.20. The average molecular weight is 383 g/mol. The highest BCUT2D eigenvalue weighted by atomic mass is 35.5. The second-order valence-corrected chi connectivity index (χ2v) is 5.87. The van der Waals surface area contributed by atoms with Gasteiger partial charge in [0.05, 0.1) is 6.20 Å². The van der Waals surface area contributed by atoms with E-state index in [1.807, 2.05) is 0 Å². The van der Waals surface area contributed by atoms with Gasteiger partial charge in [0.25, 0.3) is 5.56 Å². The van der Waals surface area contributed by atoms with E-state index >= 15 is 0 Å². The van der Waals surface area contributed by atoms with Crippen molar-refractivity contribution in [3.8, 4) is 11.4 Å². The number of nitrogens with zero attached hydrogens (tertiary/aromatic N) is 2. The van der Waals surface area contributed by atoms with Crippen molar-refractivity contribution >= 4 is 23.2 Å². The van der Waals surface area contributed by atoms with Gasteiger partial charge in [0.15, 0.2) is 16.6 Å². The third-order valence-corrected chi connectivity index (χ3v) is 3.93. The van der Waals surface area contributed by atoms with Crippen molar-refractivity contribution in [2.75, 3.05) is 0 Å². The van der Waals surface area contributed by atoms with Gasteiger partial charge in [-0.05, 0) is 29.8 Å². The minimum Gasteiger partial charge on any atom is -0.485 e. The molecule has 0 unspecified atom stereocenters. The van der Waals surface area contributed by atoms with E-state index in [0.717, 1.165) is 22.4 Å². The fraction of sp³-hybridized carbons (Fsp3) is 0.0588. The summed E-state index contributed by atoms with van der Waals surface area (Å²) in [4.78, 5) is 12.3. The van der Waals surface area contributed by atoms with E-state index in [9.17, 15) is 13.6 Å². The predicted octanol–water partition coefficient (Wildman–Crippen LogP) is 4.40. The standard InChI is InChI=1S/C17H10Cl2F2N2O2/c18-11-3-1-10(2-4-11)9-25-15-8-22-23(17(24)16(15)19)14-6-5-12(20)7-13(14)21/h1-8H,9H2. The van der Waals surface area contributed by atoms with Crippen LogP contribution in [0.15, 0.2) is 53.5 Å². The number of halogens is 4. The molecule has 0 aliphatic rings. The van der Waals surface area contributed by atoms with Crippen LogP contribution >= 0.6 is 23.2 Å². The molecule has 0 amide bonds. The monoisotopic (exact) mass is 382 g/mol. The lowest BCUT2D eigenvalue weighted by molar-refractivity contribution is 0.303. The van der Waals surface area contributed by atoms with Gasteiger partial charge in [-0.15, -0.1) is 0 Å². The first kappa shape index (κ1) is 17.4. The summed E-state index contributed by atoms with van der Waals surface area (Å²) in [5.74, 6) is -1.64. The van der Waals surface area contributed by atoms with Gasteiger partial charge in [-0.1, -0.05) is 35.3 Å². The number of aromatic nitrogens is 2. The van der Waals surface area contributed by atoms with Crippen LogP contribution in [0, 0.1) is 11.6 Å². The molecule has 0 fully saturated rings. The first-order chi connectivity index (χ1) is 12.0. The van der Waals surface area contributed by atoms with Crippen molar-refractivity contribution in [3.05, 3.63) is 86.3 Å². The number of ether oxygens (including phenoxy) is 1. The summed E-state index contributed by atoms with van der Waals surface area (Å²) < 4.78 is 33.0. The van der Waals surface area contributed by atoms with Crippen LogP contribution < -0.4 is 10.3 Å². The highest BCUT2D eigenvalue weighted by Crippen LogP contribution is 2.22. The van der Waals surface area contributed by atoms with Crippen molar-refractivity contribution in [2.24, 2.45) is 0 Å². The Balaban J connectivity index is 1.87. The van der Waals surface area contributed by atoms with Crippen LogP contribution in [0.2, 0.25) is 10.0 Å². The lowest BCUT2D eigenvalue weighted by atomic mass is 10.2. The summed E-state index contributed by atoms with van der Waals surface area (Å²) in [6.45, 7) is 0.146. The Kier molecular flexibility index (Phi) is 5.01. The second kappa shape index (κ2) is 7.21. The lowest BCUT2D eigenvalue weighted by Crippen LogP contribution is -2.23. The zero-order chi connectivity index (χ0) is 18.0. The highest BCUT2D eigenvalue weighted by Gasteiger charge is 2.15. The largest absolute Gasteiger partial charge is 0.485 e. The van der Waals surface area contributed by atoms with Crippen LogP contribution in [-0.4, -0.2) is 9.78 Å². The number of hydrogen-bond acceptors (Lipinski definition) is 3. The Morgan fingerprint density at radius 1 is 1.08 bits per heavy atom. The molecule has 0 aliphatic carbocycles. The maximum absolute atomic E-state index is 13.8. The summed E-state index contributed by atoms with van der Waals surface area (Å²) >= 11 is 11.8. The quantitative estimate of drug-likeness (QED) is 0.671. The maximum Gasteiger partial charge on any atom is 0.294 e. The topological polar surface area (TPSA) is 44.1 Å². The van der Waals surface area contributed by atoms with Crippen LogP contribution in [0.4, 0.5) is 8.78 Å². The van der Waals surface area contributed by atoms with Gasteiger partial charge in [-0.3, -0.25) is 4.79 Å². The van der Waals surface area contributed by atoms with E-state index in [4.69, 9.17) is 27.9 Å². The minimum absolute atomic E-state index is 0.0559. The van der Waals surface area contributed by atoms with E-state index in [-0.39, 0.29) is 23.1 Å². The molecule has 1 aromatic heterocycles. The third kappa shape index (κ3) is 3.81. The van der Waals surface area contributed by atoms with Crippen molar-refractivity contribution < 1.29 is 13.5 Å². The normalized spacial score (nSPS) is 10.7. The molecule has 3 rings (SSSR count). The van der Waals surface area contributed by atoms with E-state index in [2.05, 4.69) is 5.10 Å². The molecule has 0 saturated carbocycles. The van der Waals surface area contributed by atoms with E-state index in [1.54, 1.807) is 24.3 Å². The molecule has 0 saturated heterocycles. The first-order valence-corrected chi connectivity index (χ1v) is 7.82. The summed E-state index contributed by atoms with van der Waals surface area (Å²) in [5.41, 5.74) is -0.174.